The Bertz CT molecular complexity index is 331. The molecule has 0 aromatic heterocycles. The molecular formula is C11H14F3N. The van der Waals surface area contributed by atoms with Gasteiger partial charge in [0.2, 0.25) is 0 Å². The minimum Gasteiger partial charge on any atom is -0.398 e. The first kappa shape index (κ1) is 11.9. The zero-order valence-corrected chi connectivity index (χ0v) is 8.56. The summed E-state index contributed by atoms with van der Waals surface area (Å²) in [6, 6.07) is 3.56. The highest BCUT2D eigenvalue weighted by atomic mass is 19.4. The fourth-order valence-corrected chi connectivity index (χ4v) is 1.37. The quantitative estimate of drug-likeness (QED) is 0.768. The monoisotopic (exact) mass is 217 g/mol. The van der Waals surface area contributed by atoms with E-state index in [4.69, 9.17) is 5.73 Å². The van der Waals surface area contributed by atoms with Crippen LogP contribution in [0.1, 0.15) is 30.9 Å². The Labute approximate surface area is 87.1 Å². The molecule has 84 valence electrons. The average Bonchev–Trinajstić information content (AvgIpc) is 2.14. The molecule has 0 spiro atoms. The van der Waals surface area contributed by atoms with E-state index in [9.17, 15) is 13.2 Å². The maximum atomic E-state index is 12.3. The number of hydrogen-bond acceptors (Lipinski definition) is 1. The highest BCUT2D eigenvalue weighted by Gasteiger charge is 2.30. The van der Waals surface area contributed by atoms with E-state index >= 15 is 0 Å². The summed E-state index contributed by atoms with van der Waals surface area (Å²) in [6.07, 6.45) is -1.63. The molecule has 15 heavy (non-hydrogen) atoms. The van der Waals surface area contributed by atoms with E-state index < -0.39 is 11.7 Å². The third kappa shape index (κ3) is 3.15. The van der Waals surface area contributed by atoms with Gasteiger partial charge < -0.3 is 5.73 Å². The van der Waals surface area contributed by atoms with Gasteiger partial charge in [0.25, 0.3) is 0 Å². The van der Waals surface area contributed by atoms with E-state index in [1.165, 1.54) is 6.07 Å². The standard InChI is InChI=1S/C11H14F3N/c1-2-3-4-8-5-6-9(7-10(8)15)11(12,13)14/h5-7H,2-4,15H2,1H3. The lowest BCUT2D eigenvalue weighted by atomic mass is 10.0. The number of unbranched alkanes of at least 4 members (excludes halogenated alkanes) is 1. The highest BCUT2D eigenvalue weighted by Crippen LogP contribution is 2.31. The summed E-state index contributed by atoms with van der Waals surface area (Å²) in [5.74, 6) is 0. The zero-order valence-electron chi connectivity index (χ0n) is 8.56. The van der Waals surface area contributed by atoms with Crippen LogP contribution in [0, 0.1) is 0 Å². The Hall–Kier alpha value is -1.19. The molecule has 1 rings (SSSR count). The number of nitrogens with two attached hydrogens (primary N) is 1. The second-order valence-electron chi connectivity index (χ2n) is 3.51. The summed E-state index contributed by atoms with van der Waals surface area (Å²) in [6.45, 7) is 2.03. The zero-order chi connectivity index (χ0) is 11.5. The van der Waals surface area contributed by atoms with Gasteiger partial charge >= 0.3 is 6.18 Å². The molecule has 0 aliphatic rings. The smallest absolute Gasteiger partial charge is 0.398 e. The molecule has 0 heterocycles. The van der Waals surface area contributed by atoms with E-state index in [-0.39, 0.29) is 5.69 Å². The van der Waals surface area contributed by atoms with Gasteiger partial charge in [0, 0.05) is 5.69 Å². The second-order valence-corrected chi connectivity index (χ2v) is 3.51. The Morgan fingerprint density at radius 1 is 1.27 bits per heavy atom. The average molecular weight is 217 g/mol. The molecule has 4 heteroatoms. The molecule has 0 aliphatic heterocycles. The van der Waals surface area contributed by atoms with Crippen molar-refractivity contribution in [2.45, 2.75) is 32.4 Å². The van der Waals surface area contributed by atoms with Crippen LogP contribution in [0.4, 0.5) is 18.9 Å². The first-order chi connectivity index (χ1) is 6.95. The summed E-state index contributed by atoms with van der Waals surface area (Å²) in [7, 11) is 0. The normalized spacial score (nSPS) is 11.7. The minimum atomic E-state index is -4.31. The maximum Gasteiger partial charge on any atom is 0.416 e. The number of halogens is 3. The Morgan fingerprint density at radius 2 is 1.93 bits per heavy atom. The van der Waals surface area contributed by atoms with Gasteiger partial charge in [-0.05, 0) is 30.5 Å². The maximum absolute atomic E-state index is 12.3. The molecule has 0 unspecified atom stereocenters. The summed E-state index contributed by atoms with van der Waals surface area (Å²) >= 11 is 0. The summed E-state index contributed by atoms with van der Waals surface area (Å²) in [4.78, 5) is 0. The molecule has 0 saturated heterocycles. The van der Waals surface area contributed by atoms with Gasteiger partial charge in [-0.3, -0.25) is 0 Å². The Kier molecular flexibility index (Phi) is 3.61. The molecule has 0 bridgehead atoms. The number of rotatable bonds is 3. The number of alkyl halides is 3. The van der Waals surface area contributed by atoms with Crippen molar-refractivity contribution in [2.24, 2.45) is 0 Å². The lowest BCUT2D eigenvalue weighted by Crippen LogP contribution is -2.06. The van der Waals surface area contributed by atoms with Gasteiger partial charge in [-0.1, -0.05) is 19.4 Å². The van der Waals surface area contributed by atoms with Gasteiger partial charge in [-0.2, -0.15) is 13.2 Å². The number of anilines is 1. The number of nitrogen functional groups attached to an aromatic ring is 1. The van der Waals surface area contributed by atoms with Crippen molar-refractivity contribution in [1.82, 2.24) is 0 Å². The first-order valence-corrected chi connectivity index (χ1v) is 4.90. The van der Waals surface area contributed by atoms with Gasteiger partial charge in [0.15, 0.2) is 0 Å². The van der Waals surface area contributed by atoms with Crippen molar-refractivity contribution in [1.29, 1.82) is 0 Å². The topological polar surface area (TPSA) is 26.0 Å². The summed E-state index contributed by atoms with van der Waals surface area (Å²) < 4.78 is 36.9. The molecular weight excluding hydrogens is 203 g/mol. The Balaban J connectivity index is 2.88. The van der Waals surface area contributed by atoms with Crippen molar-refractivity contribution in [3.63, 3.8) is 0 Å². The van der Waals surface area contributed by atoms with Crippen LogP contribution in [0.5, 0.6) is 0 Å². The van der Waals surface area contributed by atoms with Crippen LogP contribution in [0.15, 0.2) is 18.2 Å². The second kappa shape index (κ2) is 4.55. The summed E-state index contributed by atoms with van der Waals surface area (Å²) in [5.41, 5.74) is 5.91. The van der Waals surface area contributed by atoms with Crippen LogP contribution in [-0.4, -0.2) is 0 Å². The SMILES string of the molecule is CCCCc1ccc(C(F)(F)F)cc1N. The summed E-state index contributed by atoms with van der Waals surface area (Å²) in [5, 5.41) is 0. The van der Waals surface area contributed by atoms with Gasteiger partial charge in [-0.15, -0.1) is 0 Å². The van der Waals surface area contributed by atoms with E-state index in [0.717, 1.165) is 37.0 Å². The predicted octanol–water partition coefficient (Wildman–Crippen LogP) is 3.63. The molecule has 2 N–H and O–H groups in total. The van der Waals surface area contributed by atoms with E-state index in [1.807, 2.05) is 6.92 Å². The van der Waals surface area contributed by atoms with Crippen LogP contribution < -0.4 is 5.73 Å². The van der Waals surface area contributed by atoms with Crippen molar-refractivity contribution in [2.75, 3.05) is 5.73 Å². The molecule has 1 aromatic carbocycles. The fourth-order valence-electron chi connectivity index (χ4n) is 1.37. The van der Waals surface area contributed by atoms with Crippen LogP contribution in [0.3, 0.4) is 0 Å². The lowest BCUT2D eigenvalue weighted by Gasteiger charge is -2.10. The first-order valence-electron chi connectivity index (χ1n) is 4.90. The number of hydrogen-bond donors (Lipinski definition) is 1. The van der Waals surface area contributed by atoms with Crippen LogP contribution in [-0.2, 0) is 12.6 Å². The fraction of sp³-hybridized carbons (Fsp3) is 0.455. The number of benzene rings is 1. The van der Waals surface area contributed by atoms with Gasteiger partial charge in [-0.25, -0.2) is 0 Å². The number of aryl methyl sites for hydroxylation is 1. The van der Waals surface area contributed by atoms with Crippen molar-refractivity contribution in [3.05, 3.63) is 29.3 Å². The predicted molar refractivity (Wildman–Crippen MR) is 54.5 cm³/mol. The van der Waals surface area contributed by atoms with Crippen LogP contribution in [0.25, 0.3) is 0 Å². The lowest BCUT2D eigenvalue weighted by molar-refractivity contribution is -0.137. The molecule has 0 atom stereocenters. The molecule has 0 radical (unpaired) electrons. The molecule has 0 fully saturated rings. The molecule has 1 aromatic rings. The molecule has 0 saturated carbocycles. The van der Waals surface area contributed by atoms with E-state index in [0.29, 0.717) is 0 Å². The van der Waals surface area contributed by atoms with Gasteiger partial charge in [0.1, 0.15) is 0 Å². The Morgan fingerprint density at radius 3 is 2.40 bits per heavy atom. The van der Waals surface area contributed by atoms with Crippen LogP contribution >= 0.6 is 0 Å². The molecule has 0 amide bonds. The molecule has 1 nitrogen and oxygen atoms in total. The van der Waals surface area contributed by atoms with Crippen molar-refractivity contribution >= 4 is 5.69 Å². The van der Waals surface area contributed by atoms with Crippen molar-refractivity contribution in [3.8, 4) is 0 Å². The molecule has 0 aliphatic carbocycles. The van der Waals surface area contributed by atoms with Crippen molar-refractivity contribution < 1.29 is 13.2 Å². The highest BCUT2D eigenvalue weighted by molar-refractivity contribution is 5.49. The largest absolute Gasteiger partial charge is 0.416 e. The van der Waals surface area contributed by atoms with E-state index in [2.05, 4.69) is 0 Å². The third-order valence-electron chi connectivity index (χ3n) is 2.27. The van der Waals surface area contributed by atoms with Gasteiger partial charge in [0.05, 0.1) is 5.56 Å². The third-order valence-corrected chi connectivity index (χ3v) is 2.27. The van der Waals surface area contributed by atoms with Crippen LogP contribution in [0.2, 0.25) is 0 Å². The minimum absolute atomic E-state index is 0.235. The van der Waals surface area contributed by atoms with E-state index in [1.54, 1.807) is 0 Å².